The van der Waals surface area contributed by atoms with Gasteiger partial charge in [0.1, 0.15) is 0 Å². The number of pyridine rings is 1. The number of rotatable bonds is 1. The molecule has 2 heteroatoms. The zero-order chi connectivity index (χ0) is 7.40. The molecule has 0 saturated carbocycles. The quantitative estimate of drug-likeness (QED) is 0.583. The lowest BCUT2D eigenvalue weighted by Crippen LogP contribution is -1.88. The van der Waals surface area contributed by atoms with E-state index in [1.165, 1.54) is 0 Å². The van der Waals surface area contributed by atoms with Gasteiger partial charge in [-0.05, 0) is 18.6 Å². The molecule has 0 aliphatic heterocycles. The third-order valence-electron chi connectivity index (χ3n) is 1.38. The third kappa shape index (κ3) is 1.32. The molecule has 10 heavy (non-hydrogen) atoms. The number of nitriles is 1. The van der Waals surface area contributed by atoms with E-state index in [1.807, 2.05) is 19.1 Å². The molecule has 1 atom stereocenters. The second kappa shape index (κ2) is 2.98. The molecule has 0 aliphatic rings. The first-order chi connectivity index (χ1) is 4.84. The monoisotopic (exact) mass is 132 g/mol. The summed E-state index contributed by atoms with van der Waals surface area (Å²) in [6.45, 7) is 1.86. The van der Waals surface area contributed by atoms with Gasteiger partial charge in [-0.2, -0.15) is 5.26 Å². The number of nitrogens with zero attached hydrogens (tertiary/aromatic N) is 2. The molecule has 0 unspecified atom stereocenters. The van der Waals surface area contributed by atoms with Crippen LogP contribution in [0.2, 0.25) is 0 Å². The smallest absolute Gasteiger partial charge is 0.0701 e. The average molecular weight is 132 g/mol. The van der Waals surface area contributed by atoms with E-state index in [0.29, 0.717) is 0 Å². The molecule has 0 radical (unpaired) electrons. The maximum Gasteiger partial charge on any atom is 0.0701 e. The van der Waals surface area contributed by atoms with Crippen LogP contribution in [0.1, 0.15) is 18.4 Å². The second-order valence-corrected chi connectivity index (χ2v) is 2.14. The first kappa shape index (κ1) is 6.76. The Kier molecular flexibility index (Phi) is 2.01. The molecule has 50 valence electrons. The summed E-state index contributed by atoms with van der Waals surface area (Å²) in [7, 11) is 0. The van der Waals surface area contributed by atoms with E-state index in [4.69, 9.17) is 5.26 Å². The molecule has 0 amide bonds. The molecule has 0 aliphatic carbocycles. The highest BCUT2D eigenvalue weighted by molar-refractivity contribution is 5.19. The first-order valence-corrected chi connectivity index (χ1v) is 3.14. The Morgan fingerprint density at radius 1 is 1.70 bits per heavy atom. The predicted octanol–water partition coefficient (Wildman–Crippen LogP) is 1.71. The lowest BCUT2D eigenvalue weighted by atomic mass is 10.1. The molecular formula is C8H8N2. The van der Waals surface area contributed by atoms with Crippen molar-refractivity contribution >= 4 is 0 Å². The van der Waals surface area contributed by atoms with Gasteiger partial charge in [-0.25, -0.2) is 0 Å². The largest absolute Gasteiger partial charge is 0.264 e. The normalized spacial score (nSPS) is 12.0. The highest BCUT2D eigenvalue weighted by Crippen LogP contribution is 2.10. The average Bonchev–Trinajstić information content (AvgIpc) is 2.05. The summed E-state index contributed by atoms with van der Waals surface area (Å²) in [5, 5.41) is 8.51. The van der Waals surface area contributed by atoms with Crippen LogP contribution in [0, 0.1) is 11.3 Å². The molecule has 0 aromatic carbocycles. The van der Waals surface area contributed by atoms with Gasteiger partial charge in [0.05, 0.1) is 12.0 Å². The lowest BCUT2D eigenvalue weighted by Gasteiger charge is -1.98. The summed E-state index contributed by atoms with van der Waals surface area (Å²) < 4.78 is 0. The van der Waals surface area contributed by atoms with Crippen LogP contribution in [0.3, 0.4) is 0 Å². The van der Waals surface area contributed by atoms with E-state index in [1.54, 1.807) is 12.4 Å². The molecule has 0 N–H and O–H groups in total. The molecular weight excluding hydrogens is 124 g/mol. The van der Waals surface area contributed by atoms with Crippen LogP contribution in [-0.2, 0) is 0 Å². The molecule has 1 rings (SSSR count). The zero-order valence-corrected chi connectivity index (χ0v) is 5.78. The van der Waals surface area contributed by atoms with Crippen molar-refractivity contribution in [2.75, 3.05) is 0 Å². The van der Waals surface area contributed by atoms with Gasteiger partial charge in [0.25, 0.3) is 0 Å². The third-order valence-corrected chi connectivity index (χ3v) is 1.38. The van der Waals surface area contributed by atoms with Crippen molar-refractivity contribution in [2.45, 2.75) is 12.8 Å². The minimum absolute atomic E-state index is 0.0475. The van der Waals surface area contributed by atoms with E-state index in [2.05, 4.69) is 11.1 Å². The molecule has 2 nitrogen and oxygen atoms in total. The van der Waals surface area contributed by atoms with Gasteiger partial charge >= 0.3 is 0 Å². The van der Waals surface area contributed by atoms with Gasteiger partial charge in [-0.1, -0.05) is 6.07 Å². The SMILES string of the molecule is C[C@H](C#N)c1cccnc1. The summed E-state index contributed by atoms with van der Waals surface area (Å²) in [5.74, 6) is -0.0475. The fraction of sp³-hybridized carbons (Fsp3) is 0.250. The Hall–Kier alpha value is -1.36. The Balaban J connectivity index is 2.88. The van der Waals surface area contributed by atoms with Gasteiger partial charge in [-0.15, -0.1) is 0 Å². The molecule has 1 aromatic rings. The molecule has 0 spiro atoms. The van der Waals surface area contributed by atoms with Crippen LogP contribution < -0.4 is 0 Å². The van der Waals surface area contributed by atoms with E-state index in [-0.39, 0.29) is 5.92 Å². The number of hydrogen-bond donors (Lipinski definition) is 0. The summed E-state index contributed by atoms with van der Waals surface area (Å²) >= 11 is 0. The summed E-state index contributed by atoms with van der Waals surface area (Å²) in [6.07, 6.45) is 3.42. The minimum atomic E-state index is -0.0475. The predicted molar refractivity (Wildman–Crippen MR) is 38.3 cm³/mol. The molecule has 1 aromatic heterocycles. The summed E-state index contributed by atoms with van der Waals surface area (Å²) in [5.41, 5.74) is 0.977. The van der Waals surface area contributed by atoms with Crippen molar-refractivity contribution in [3.05, 3.63) is 30.1 Å². The number of hydrogen-bond acceptors (Lipinski definition) is 2. The first-order valence-electron chi connectivity index (χ1n) is 3.14. The van der Waals surface area contributed by atoms with E-state index in [0.717, 1.165) is 5.56 Å². The van der Waals surface area contributed by atoms with Crippen molar-refractivity contribution in [3.63, 3.8) is 0 Å². The van der Waals surface area contributed by atoms with Gasteiger partial charge in [-0.3, -0.25) is 4.98 Å². The molecule has 0 fully saturated rings. The molecule has 1 heterocycles. The van der Waals surface area contributed by atoms with E-state index >= 15 is 0 Å². The summed E-state index contributed by atoms with van der Waals surface area (Å²) in [4.78, 5) is 3.90. The van der Waals surface area contributed by atoms with Crippen LogP contribution in [0.15, 0.2) is 24.5 Å². The van der Waals surface area contributed by atoms with Gasteiger partial charge in [0.2, 0.25) is 0 Å². The Bertz CT molecular complexity index is 235. The van der Waals surface area contributed by atoms with Crippen LogP contribution in [0.5, 0.6) is 0 Å². The standard InChI is InChI=1S/C8H8N2/c1-7(5-9)8-3-2-4-10-6-8/h2-4,6-7H,1H3/t7-/m1/s1. The van der Waals surface area contributed by atoms with Crippen LogP contribution in [-0.4, -0.2) is 4.98 Å². The van der Waals surface area contributed by atoms with Crippen molar-refractivity contribution in [3.8, 4) is 6.07 Å². The minimum Gasteiger partial charge on any atom is -0.264 e. The van der Waals surface area contributed by atoms with Gasteiger partial charge < -0.3 is 0 Å². The van der Waals surface area contributed by atoms with Crippen LogP contribution >= 0.6 is 0 Å². The van der Waals surface area contributed by atoms with Crippen molar-refractivity contribution < 1.29 is 0 Å². The van der Waals surface area contributed by atoms with Gasteiger partial charge in [0, 0.05) is 12.4 Å². The summed E-state index contributed by atoms with van der Waals surface area (Å²) in [6, 6.07) is 5.88. The lowest BCUT2D eigenvalue weighted by molar-refractivity contribution is 0.967. The topological polar surface area (TPSA) is 36.7 Å². The zero-order valence-electron chi connectivity index (χ0n) is 5.78. The molecule has 0 saturated heterocycles. The highest BCUT2D eigenvalue weighted by atomic mass is 14.6. The highest BCUT2D eigenvalue weighted by Gasteiger charge is 2.00. The van der Waals surface area contributed by atoms with Gasteiger partial charge in [0.15, 0.2) is 0 Å². The second-order valence-electron chi connectivity index (χ2n) is 2.14. The maximum absolute atomic E-state index is 8.51. The fourth-order valence-electron chi connectivity index (χ4n) is 0.707. The Morgan fingerprint density at radius 2 is 2.50 bits per heavy atom. The van der Waals surface area contributed by atoms with Crippen molar-refractivity contribution in [1.29, 1.82) is 5.26 Å². The van der Waals surface area contributed by atoms with Crippen molar-refractivity contribution in [2.24, 2.45) is 0 Å². The van der Waals surface area contributed by atoms with Crippen molar-refractivity contribution in [1.82, 2.24) is 4.98 Å². The fourth-order valence-corrected chi connectivity index (χ4v) is 0.707. The Labute approximate surface area is 60.1 Å². The van der Waals surface area contributed by atoms with Crippen LogP contribution in [0.25, 0.3) is 0 Å². The van der Waals surface area contributed by atoms with E-state index in [9.17, 15) is 0 Å². The Morgan fingerprint density at radius 3 is 3.00 bits per heavy atom. The molecule has 0 bridgehead atoms. The number of aromatic nitrogens is 1. The maximum atomic E-state index is 8.51. The van der Waals surface area contributed by atoms with E-state index < -0.39 is 0 Å². The van der Waals surface area contributed by atoms with Crippen LogP contribution in [0.4, 0.5) is 0 Å².